The molecule has 0 aliphatic heterocycles. The molecule has 0 unspecified atom stereocenters. The molecule has 4 aliphatic carbocycles. The van der Waals surface area contributed by atoms with Gasteiger partial charge in [-0.3, -0.25) is 0 Å². The lowest BCUT2D eigenvalue weighted by molar-refractivity contribution is -0.137. The minimum atomic E-state index is -0.0961. The number of carbonyl (C=O) groups is 1. The summed E-state index contributed by atoms with van der Waals surface area (Å²) < 4.78 is 4.97. The summed E-state index contributed by atoms with van der Waals surface area (Å²) in [6.45, 7) is 5.11. The number of carbonyl (C=O) groups excluding carboxylic acids is 1. The largest absolute Gasteiger partial charge is 0.466 e. The second kappa shape index (κ2) is 5.36. The van der Waals surface area contributed by atoms with Crippen molar-refractivity contribution >= 4 is 5.97 Å². The van der Waals surface area contributed by atoms with Gasteiger partial charge in [0.15, 0.2) is 0 Å². The van der Waals surface area contributed by atoms with Crippen LogP contribution in [0.25, 0.3) is 0 Å². The van der Waals surface area contributed by atoms with Crippen LogP contribution in [0.5, 0.6) is 0 Å². The Kier molecular flexibility index (Phi) is 3.66. The molecule has 0 bridgehead atoms. The Morgan fingerprint density at radius 1 is 1.09 bits per heavy atom. The Morgan fingerprint density at radius 3 is 2.70 bits per heavy atom. The van der Waals surface area contributed by atoms with Gasteiger partial charge in [-0.05, 0) is 85.9 Å². The molecule has 0 aromatic rings. The van der Waals surface area contributed by atoms with E-state index in [9.17, 15) is 4.79 Å². The van der Waals surface area contributed by atoms with Gasteiger partial charge in [0.05, 0.1) is 7.11 Å². The fourth-order valence-electron chi connectivity index (χ4n) is 7.15. The Bertz CT molecular complexity index is 536. The van der Waals surface area contributed by atoms with Crippen LogP contribution < -0.4 is 0 Å². The van der Waals surface area contributed by atoms with E-state index in [4.69, 9.17) is 4.74 Å². The number of fused-ring (bicyclic) bond motifs is 5. The minimum absolute atomic E-state index is 0.0961. The minimum Gasteiger partial charge on any atom is -0.466 e. The highest BCUT2D eigenvalue weighted by molar-refractivity contribution is 5.88. The molecule has 0 radical (unpaired) electrons. The Hall–Kier alpha value is -0.790. The molecule has 0 heterocycles. The van der Waals surface area contributed by atoms with Crippen LogP contribution in [0.15, 0.2) is 11.6 Å². The summed E-state index contributed by atoms with van der Waals surface area (Å²) >= 11 is 0. The summed E-state index contributed by atoms with van der Waals surface area (Å²) in [5, 5.41) is 0. The number of allylic oxidation sites excluding steroid dienone is 1. The SMILES string of the molecule is COC(=O)C1=C[C@@H]2CC[C@H]3[C@@H]4CCC[C@@]4(C)CC[C@@H]3[C@@]2(C)CC1. The summed E-state index contributed by atoms with van der Waals surface area (Å²) in [6, 6.07) is 0. The third-order valence-corrected chi connectivity index (χ3v) is 8.51. The highest BCUT2D eigenvalue weighted by Gasteiger charge is 2.57. The molecule has 0 saturated heterocycles. The van der Waals surface area contributed by atoms with Gasteiger partial charge in [-0.1, -0.05) is 26.3 Å². The molecule has 0 aromatic carbocycles. The summed E-state index contributed by atoms with van der Waals surface area (Å²) in [4.78, 5) is 11.9. The van der Waals surface area contributed by atoms with Gasteiger partial charge in [-0.15, -0.1) is 0 Å². The third-order valence-electron chi connectivity index (χ3n) is 8.51. The van der Waals surface area contributed by atoms with E-state index in [2.05, 4.69) is 19.9 Å². The zero-order chi connectivity index (χ0) is 16.2. The van der Waals surface area contributed by atoms with Gasteiger partial charge in [-0.2, -0.15) is 0 Å². The lowest BCUT2D eigenvalue weighted by Crippen LogP contribution is -2.51. The zero-order valence-electron chi connectivity index (χ0n) is 15.1. The van der Waals surface area contributed by atoms with Crippen LogP contribution in [0.1, 0.15) is 71.6 Å². The Morgan fingerprint density at radius 2 is 1.91 bits per heavy atom. The van der Waals surface area contributed by atoms with Crippen molar-refractivity contribution in [2.24, 2.45) is 34.5 Å². The molecular formula is C21H32O2. The van der Waals surface area contributed by atoms with E-state index in [0.717, 1.165) is 29.7 Å². The molecule has 128 valence electrons. The molecule has 0 spiro atoms. The smallest absolute Gasteiger partial charge is 0.333 e. The van der Waals surface area contributed by atoms with Gasteiger partial charge in [0.2, 0.25) is 0 Å². The van der Waals surface area contributed by atoms with Crippen LogP contribution in [0.3, 0.4) is 0 Å². The first-order valence-corrected chi connectivity index (χ1v) is 9.77. The zero-order valence-corrected chi connectivity index (χ0v) is 15.1. The van der Waals surface area contributed by atoms with E-state index >= 15 is 0 Å². The molecule has 2 heteroatoms. The van der Waals surface area contributed by atoms with Gasteiger partial charge in [-0.25, -0.2) is 4.79 Å². The molecular weight excluding hydrogens is 284 g/mol. The number of esters is 1. The van der Waals surface area contributed by atoms with Crippen molar-refractivity contribution in [1.82, 2.24) is 0 Å². The Balaban J connectivity index is 1.61. The van der Waals surface area contributed by atoms with Gasteiger partial charge in [0.1, 0.15) is 0 Å². The van der Waals surface area contributed by atoms with Gasteiger partial charge in [0, 0.05) is 5.57 Å². The molecule has 0 amide bonds. The molecule has 6 atom stereocenters. The van der Waals surface area contributed by atoms with Gasteiger partial charge >= 0.3 is 5.97 Å². The summed E-state index contributed by atoms with van der Waals surface area (Å²) in [6.07, 6.45) is 14.3. The van der Waals surface area contributed by atoms with Crippen molar-refractivity contribution in [3.8, 4) is 0 Å². The molecule has 4 rings (SSSR count). The first kappa shape index (κ1) is 15.7. The van der Waals surface area contributed by atoms with E-state index in [1.165, 1.54) is 58.5 Å². The van der Waals surface area contributed by atoms with Crippen molar-refractivity contribution in [3.05, 3.63) is 11.6 Å². The lowest BCUT2D eigenvalue weighted by atomic mass is 9.46. The van der Waals surface area contributed by atoms with Crippen molar-refractivity contribution in [2.45, 2.75) is 71.6 Å². The molecule has 2 nitrogen and oxygen atoms in total. The maximum Gasteiger partial charge on any atom is 0.333 e. The summed E-state index contributed by atoms with van der Waals surface area (Å²) in [5.41, 5.74) is 2.01. The average Bonchev–Trinajstić information content (AvgIpc) is 2.95. The molecule has 23 heavy (non-hydrogen) atoms. The highest BCUT2D eigenvalue weighted by atomic mass is 16.5. The fraction of sp³-hybridized carbons (Fsp3) is 0.857. The van der Waals surface area contributed by atoms with Crippen molar-refractivity contribution in [3.63, 3.8) is 0 Å². The van der Waals surface area contributed by atoms with Crippen molar-refractivity contribution < 1.29 is 9.53 Å². The normalized spacial score (nSPS) is 48.7. The fourth-order valence-corrected chi connectivity index (χ4v) is 7.15. The quantitative estimate of drug-likeness (QED) is 0.627. The van der Waals surface area contributed by atoms with Crippen LogP contribution in [0, 0.1) is 34.5 Å². The number of hydrogen-bond acceptors (Lipinski definition) is 2. The molecule has 0 aromatic heterocycles. The number of ether oxygens (including phenoxy) is 1. The molecule has 4 aliphatic rings. The van der Waals surface area contributed by atoms with E-state index < -0.39 is 0 Å². The molecule has 0 N–H and O–H groups in total. The van der Waals surface area contributed by atoms with Gasteiger partial charge in [0.25, 0.3) is 0 Å². The van der Waals surface area contributed by atoms with Crippen LogP contribution in [0.4, 0.5) is 0 Å². The maximum absolute atomic E-state index is 11.9. The predicted octanol–water partition coefficient (Wildman–Crippen LogP) is 5.13. The maximum atomic E-state index is 11.9. The van der Waals surface area contributed by atoms with E-state index in [-0.39, 0.29) is 5.97 Å². The highest BCUT2D eigenvalue weighted by Crippen LogP contribution is 2.65. The summed E-state index contributed by atoms with van der Waals surface area (Å²) in [5.74, 6) is 3.31. The van der Waals surface area contributed by atoms with Crippen molar-refractivity contribution in [1.29, 1.82) is 0 Å². The van der Waals surface area contributed by atoms with Crippen LogP contribution in [-0.2, 0) is 9.53 Å². The third kappa shape index (κ3) is 2.23. The van der Waals surface area contributed by atoms with Crippen LogP contribution >= 0.6 is 0 Å². The van der Waals surface area contributed by atoms with Crippen LogP contribution in [-0.4, -0.2) is 13.1 Å². The van der Waals surface area contributed by atoms with Crippen LogP contribution in [0.2, 0.25) is 0 Å². The Labute approximate surface area is 141 Å². The number of hydrogen-bond donors (Lipinski definition) is 0. The number of methoxy groups -OCH3 is 1. The monoisotopic (exact) mass is 316 g/mol. The van der Waals surface area contributed by atoms with E-state index in [0.29, 0.717) is 16.7 Å². The van der Waals surface area contributed by atoms with Crippen molar-refractivity contribution in [2.75, 3.05) is 7.11 Å². The molecule has 3 fully saturated rings. The van der Waals surface area contributed by atoms with E-state index in [1.807, 2.05) is 0 Å². The predicted molar refractivity (Wildman–Crippen MR) is 91.8 cm³/mol. The number of rotatable bonds is 1. The van der Waals surface area contributed by atoms with Gasteiger partial charge < -0.3 is 4.74 Å². The first-order chi connectivity index (χ1) is 11.0. The lowest BCUT2D eigenvalue weighted by Gasteiger charge is -2.59. The second-order valence-corrected chi connectivity index (χ2v) is 9.33. The molecule has 3 saturated carbocycles. The second-order valence-electron chi connectivity index (χ2n) is 9.33. The first-order valence-electron chi connectivity index (χ1n) is 9.77. The summed E-state index contributed by atoms with van der Waals surface area (Å²) in [7, 11) is 1.51. The van der Waals surface area contributed by atoms with E-state index in [1.54, 1.807) is 0 Å². The average molecular weight is 316 g/mol. The standard InChI is InChI=1S/C21H32O2/c1-20-10-4-5-17(20)16-7-6-15-13-14(19(22)23-3)8-12-21(15,2)18(16)9-11-20/h13,15-18H,4-12H2,1-3H3/t15-,16-,17-,18-,20-,21-/m0/s1. The topological polar surface area (TPSA) is 26.3 Å².